The van der Waals surface area contributed by atoms with E-state index >= 15 is 0 Å². The van der Waals surface area contributed by atoms with Crippen molar-refractivity contribution in [2.24, 2.45) is 0 Å². The molecule has 7 nitrogen and oxygen atoms in total. The minimum atomic E-state index is -0.587. The molecule has 1 unspecified atom stereocenters. The van der Waals surface area contributed by atoms with E-state index in [0.29, 0.717) is 36.2 Å². The van der Waals surface area contributed by atoms with Crippen molar-refractivity contribution in [3.63, 3.8) is 0 Å². The molecule has 5 rings (SSSR count). The number of hydrogen-bond acceptors (Lipinski definition) is 4. The Morgan fingerprint density at radius 3 is 2.81 bits per heavy atom. The Labute approximate surface area is 209 Å². The topological polar surface area (TPSA) is 69.4 Å². The van der Waals surface area contributed by atoms with Crippen molar-refractivity contribution in [2.75, 3.05) is 13.1 Å². The fourth-order valence-electron chi connectivity index (χ4n) is 4.51. The van der Waals surface area contributed by atoms with Gasteiger partial charge in [0.15, 0.2) is 0 Å². The quantitative estimate of drug-likeness (QED) is 0.354. The van der Waals surface area contributed by atoms with Crippen molar-refractivity contribution in [1.29, 1.82) is 0 Å². The molecule has 1 aliphatic rings. The molecule has 0 N–H and O–H groups in total. The Hall–Kier alpha value is -3.98. The number of benzene rings is 2. The minimum absolute atomic E-state index is 0.0565. The van der Waals surface area contributed by atoms with Crippen LogP contribution in [0.2, 0.25) is 5.02 Å². The summed E-state index contributed by atoms with van der Waals surface area (Å²) < 4.78 is 36.1. The third-order valence-corrected chi connectivity index (χ3v) is 6.55. The molecule has 0 spiro atoms. The molecule has 1 aliphatic heterocycles. The van der Waals surface area contributed by atoms with Gasteiger partial charge in [-0.2, -0.15) is 0 Å². The summed E-state index contributed by atoms with van der Waals surface area (Å²) in [4.78, 5) is 31.5. The number of rotatable bonds is 6. The lowest BCUT2D eigenvalue weighted by Crippen LogP contribution is -2.31. The number of pyridine rings is 1. The maximum atomic E-state index is 13.9. The lowest BCUT2D eigenvalue weighted by Gasteiger charge is -2.15. The Balaban J connectivity index is 1.48. The van der Waals surface area contributed by atoms with Crippen LogP contribution in [-0.4, -0.2) is 38.0 Å². The van der Waals surface area contributed by atoms with E-state index in [0.717, 1.165) is 18.2 Å². The van der Waals surface area contributed by atoms with E-state index in [1.54, 1.807) is 46.1 Å². The molecule has 0 saturated carbocycles. The molecular weight excluding hydrogens is 490 g/mol. The summed E-state index contributed by atoms with van der Waals surface area (Å²) in [5.41, 5.74) is 1.53. The zero-order chi connectivity index (χ0) is 25.4. The van der Waals surface area contributed by atoms with Crippen molar-refractivity contribution in [3.8, 4) is 11.4 Å². The molecule has 4 aromatic rings. The third-order valence-electron chi connectivity index (χ3n) is 6.25. The van der Waals surface area contributed by atoms with Gasteiger partial charge in [0.25, 0.3) is 0 Å². The summed E-state index contributed by atoms with van der Waals surface area (Å²) in [6, 6.07) is 9.48. The highest BCUT2D eigenvalue weighted by Gasteiger charge is 2.30. The largest absolute Gasteiger partial charge is 0.487 e. The van der Waals surface area contributed by atoms with Crippen molar-refractivity contribution in [2.45, 2.75) is 19.1 Å². The summed E-state index contributed by atoms with van der Waals surface area (Å²) in [6.45, 7) is 4.25. The lowest BCUT2D eigenvalue weighted by atomic mass is 10.2. The van der Waals surface area contributed by atoms with Crippen LogP contribution in [0.25, 0.3) is 16.7 Å². The Kier molecular flexibility index (Phi) is 6.32. The zero-order valence-corrected chi connectivity index (χ0v) is 19.8. The fourth-order valence-corrected chi connectivity index (χ4v) is 4.74. The van der Waals surface area contributed by atoms with Gasteiger partial charge in [-0.25, -0.2) is 13.6 Å². The standard InChI is InChI=1S/C26H21ClF2N4O3/c1-2-25(34)31-10-8-19(14-31)33-22-7-9-30-13-23(22)32(26(33)35)18-4-6-24(20(27)12-18)36-15-16-11-17(28)3-5-21(16)29/h2-7,9,11-13,19H,1,8,10,14-15H2. The van der Waals surface area contributed by atoms with E-state index in [2.05, 4.69) is 11.6 Å². The SMILES string of the molecule is C=CC(=O)N1CCC(n2c(=O)n(-c3ccc(OCc4cc(F)ccc4F)c(Cl)c3)c3cnccc32)C1. The molecule has 2 aromatic heterocycles. The molecule has 1 saturated heterocycles. The van der Waals surface area contributed by atoms with E-state index < -0.39 is 11.6 Å². The van der Waals surface area contributed by atoms with Crippen LogP contribution in [0.1, 0.15) is 18.0 Å². The van der Waals surface area contributed by atoms with Crippen LogP contribution in [0, 0.1) is 11.6 Å². The van der Waals surface area contributed by atoms with Gasteiger partial charge >= 0.3 is 5.69 Å². The Bertz CT molecular complexity index is 1550. The second kappa shape index (κ2) is 9.58. The summed E-state index contributed by atoms with van der Waals surface area (Å²) in [5.74, 6) is -1.07. The van der Waals surface area contributed by atoms with Gasteiger partial charge in [0.2, 0.25) is 5.91 Å². The average molecular weight is 511 g/mol. The first kappa shape index (κ1) is 23.7. The number of aromatic nitrogens is 3. The number of amides is 1. The third kappa shape index (κ3) is 4.26. The predicted octanol–water partition coefficient (Wildman–Crippen LogP) is 4.66. The second-order valence-electron chi connectivity index (χ2n) is 8.42. The smallest absolute Gasteiger partial charge is 0.334 e. The summed E-state index contributed by atoms with van der Waals surface area (Å²) in [6.07, 6.45) is 5.11. The molecular formula is C26H21ClF2N4O3. The molecule has 2 aromatic carbocycles. The Morgan fingerprint density at radius 1 is 1.19 bits per heavy atom. The first-order valence-corrected chi connectivity index (χ1v) is 11.6. The molecule has 1 fully saturated rings. The number of fused-ring (bicyclic) bond motifs is 1. The van der Waals surface area contributed by atoms with E-state index in [1.807, 2.05) is 0 Å². The van der Waals surface area contributed by atoms with Gasteiger partial charge in [-0.3, -0.25) is 18.9 Å². The van der Waals surface area contributed by atoms with E-state index in [-0.39, 0.29) is 40.6 Å². The molecule has 0 radical (unpaired) electrons. The summed E-state index contributed by atoms with van der Waals surface area (Å²) in [5, 5.41) is 0.199. The van der Waals surface area contributed by atoms with Gasteiger partial charge in [-0.1, -0.05) is 18.2 Å². The summed E-state index contributed by atoms with van der Waals surface area (Å²) >= 11 is 6.44. The maximum Gasteiger partial charge on any atom is 0.334 e. The van der Waals surface area contributed by atoms with Crippen LogP contribution in [0.15, 0.2) is 72.3 Å². The lowest BCUT2D eigenvalue weighted by molar-refractivity contribution is -0.125. The molecule has 0 aliphatic carbocycles. The van der Waals surface area contributed by atoms with Crippen LogP contribution < -0.4 is 10.4 Å². The van der Waals surface area contributed by atoms with Crippen LogP contribution in [0.4, 0.5) is 8.78 Å². The highest BCUT2D eigenvalue weighted by Crippen LogP contribution is 2.30. The number of hydrogen-bond donors (Lipinski definition) is 0. The predicted molar refractivity (Wildman–Crippen MR) is 131 cm³/mol. The van der Waals surface area contributed by atoms with Gasteiger partial charge in [0.1, 0.15) is 24.0 Å². The molecule has 10 heteroatoms. The van der Waals surface area contributed by atoms with Gasteiger partial charge in [0.05, 0.1) is 34.0 Å². The van der Waals surface area contributed by atoms with Crippen molar-refractivity contribution < 1.29 is 18.3 Å². The first-order chi connectivity index (χ1) is 17.4. The van der Waals surface area contributed by atoms with Crippen molar-refractivity contribution in [3.05, 3.63) is 100 Å². The first-order valence-electron chi connectivity index (χ1n) is 11.2. The second-order valence-corrected chi connectivity index (χ2v) is 8.83. The number of carbonyl (C=O) groups excluding carboxylic acids is 1. The van der Waals surface area contributed by atoms with Gasteiger partial charge < -0.3 is 9.64 Å². The average Bonchev–Trinajstić information content (AvgIpc) is 3.46. The van der Waals surface area contributed by atoms with Gasteiger partial charge in [-0.15, -0.1) is 0 Å². The van der Waals surface area contributed by atoms with Crippen LogP contribution in [-0.2, 0) is 11.4 Å². The molecule has 0 bridgehead atoms. The van der Waals surface area contributed by atoms with Crippen LogP contribution in [0.5, 0.6) is 5.75 Å². The van der Waals surface area contributed by atoms with Crippen LogP contribution >= 0.6 is 11.6 Å². The number of halogens is 3. The molecule has 36 heavy (non-hydrogen) atoms. The van der Waals surface area contributed by atoms with E-state index in [9.17, 15) is 18.4 Å². The highest BCUT2D eigenvalue weighted by molar-refractivity contribution is 6.32. The molecule has 1 amide bonds. The van der Waals surface area contributed by atoms with Gasteiger partial charge in [-0.05, 0) is 55.0 Å². The number of imidazole rings is 1. The maximum absolute atomic E-state index is 13.9. The molecule has 184 valence electrons. The molecule has 1 atom stereocenters. The van der Waals surface area contributed by atoms with E-state index in [4.69, 9.17) is 16.3 Å². The zero-order valence-electron chi connectivity index (χ0n) is 19.0. The van der Waals surface area contributed by atoms with Crippen molar-refractivity contribution in [1.82, 2.24) is 19.0 Å². The fraction of sp³-hybridized carbons (Fsp3) is 0.192. The van der Waals surface area contributed by atoms with Gasteiger partial charge in [0, 0.05) is 24.8 Å². The van der Waals surface area contributed by atoms with Crippen LogP contribution in [0.3, 0.4) is 0 Å². The summed E-state index contributed by atoms with van der Waals surface area (Å²) in [7, 11) is 0. The minimum Gasteiger partial charge on any atom is -0.487 e. The normalized spacial score (nSPS) is 15.4. The van der Waals surface area contributed by atoms with E-state index in [1.165, 1.54) is 10.6 Å². The number of nitrogens with zero attached hydrogens (tertiary/aromatic N) is 4. The monoisotopic (exact) mass is 510 g/mol. The molecule has 3 heterocycles. The van der Waals surface area contributed by atoms with Crippen molar-refractivity contribution >= 4 is 28.5 Å². The number of likely N-dealkylation sites (tertiary alicyclic amines) is 1. The Morgan fingerprint density at radius 2 is 2.03 bits per heavy atom. The number of ether oxygens (including phenoxy) is 1. The number of carbonyl (C=O) groups is 1. The highest BCUT2D eigenvalue weighted by atomic mass is 35.5.